The third-order valence-electron chi connectivity index (χ3n) is 6.91. The predicted octanol–water partition coefficient (Wildman–Crippen LogP) is 3.65. The van der Waals surface area contributed by atoms with Crippen LogP contribution in [0.4, 0.5) is 0 Å². The van der Waals surface area contributed by atoms with Crippen LogP contribution in [0.25, 0.3) is 0 Å². The van der Waals surface area contributed by atoms with Crippen LogP contribution in [-0.4, -0.2) is 41.7 Å². The van der Waals surface area contributed by atoms with E-state index in [4.69, 9.17) is 4.74 Å². The Balaban J connectivity index is 1.31. The molecule has 0 unspecified atom stereocenters. The summed E-state index contributed by atoms with van der Waals surface area (Å²) in [5, 5.41) is 9.86. The number of likely N-dealkylation sites (tertiary alicyclic amines) is 1. The Morgan fingerprint density at radius 3 is 2.42 bits per heavy atom. The molecule has 3 aliphatic rings. The molecule has 1 aromatic carbocycles. The molecule has 1 amide bonds. The van der Waals surface area contributed by atoms with Crippen molar-refractivity contribution < 1.29 is 14.6 Å². The number of methoxy groups -OCH3 is 1. The monoisotopic (exact) mass is 357 g/mol. The van der Waals surface area contributed by atoms with E-state index in [0.717, 1.165) is 18.8 Å². The predicted molar refractivity (Wildman–Crippen MR) is 101 cm³/mol. The summed E-state index contributed by atoms with van der Waals surface area (Å²) in [6.07, 6.45) is 6.08. The van der Waals surface area contributed by atoms with E-state index < -0.39 is 5.60 Å². The van der Waals surface area contributed by atoms with Gasteiger partial charge in [-0.25, -0.2) is 0 Å². The van der Waals surface area contributed by atoms with E-state index >= 15 is 0 Å². The van der Waals surface area contributed by atoms with Crippen molar-refractivity contribution in [2.75, 3.05) is 20.2 Å². The van der Waals surface area contributed by atoms with Crippen molar-refractivity contribution in [1.29, 1.82) is 0 Å². The van der Waals surface area contributed by atoms with Crippen molar-refractivity contribution in [3.63, 3.8) is 0 Å². The summed E-state index contributed by atoms with van der Waals surface area (Å²) >= 11 is 0. The zero-order valence-corrected chi connectivity index (χ0v) is 16.3. The molecule has 26 heavy (non-hydrogen) atoms. The van der Waals surface area contributed by atoms with Gasteiger partial charge in [0.25, 0.3) is 0 Å². The molecule has 0 atom stereocenters. The molecule has 1 aliphatic heterocycles. The Morgan fingerprint density at radius 1 is 1.19 bits per heavy atom. The number of aryl methyl sites for hydroxylation is 1. The Labute approximate surface area is 156 Å². The minimum atomic E-state index is -0.615. The fourth-order valence-corrected chi connectivity index (χ4v) is 5.36. The fourth-order valence-electron chi connectivity index (χ4n) is 5.36. The van der Waals surface area contributed by atoms with Crippen LogP contribution in [0, 0.1) is 18.3 Å². The van der Waals surface area contributed by atoms with Crippen molar-refractivity contribution in [2.24, 2.45) is 11.3 Å². The summed E-state index contributed by atoms with van der Waals surface area (Å²) in [5.41, 5.74) is 2.40. The standard InChI is InChI=1S/C22H31NO3/c1-15-8-17(10-19(9-15)26-3)16-4-6-22(7-5-16)13-23(14-22)20(24)18-11-21(2,25)12-18/h8-10,16,18,25H,4-7,11-14H2,1-3H3/t18-,21+. The van der Waals surface area contributed by atoms with Crippen LogP contribution in [-0.2, 0) is 4.79 Å². The van der Waals surface area contributed by atoms with Gasteiger partial charge in [-0.1, -0.05) is 6.07 Å². The molecule has 1 aromatic rings. The number of ether oxygens (including phenoxy) is 1. The quantitative estimate of drug-likeness (QED) is 0.898. The van der Waals surface area contributed by atoms with Gasteiger partial charge in [-0.05, 0) is 81.5 Å². The normalized spacial score (nSPS) is 30.6. The summed E-state index contributed by atoms with van der Waals surface area (Å²) in [6, 6.07) is 6.57. The van der Waals surface area contributed by atoms with Crippen molar-refractivity contribution in [1.82, 2.24) is 4.90 Å². The molecule has 1 N–H and O–H groups in total. The first-order valence-corrected chi connectivity index (χ1v) is 9.96. The van der Waals surface area contributed by atoms with E-state index in [1.54, 1.807) is 7.11 Å². The molecule has 0 aromatic heterocycles. The molecule has 2 saturated carbocycles. The smallest absolute Gasteiger partial charge is 0.225 e. The van der Waals surface area contributed by atoms with Crippen molar-refractivity contribution >= 4 is 5.91 Å². The highest BCUT2D eigenvalue weighted by Gasteiger charge is 2.51. The molecule has 1 heterocycles. The number of amides is 1. The van der Waals surface area contributed by atoms with Crippen LogP contribution in [0.3, 0.4) is 0 Å². The Bertz CT molecular complexity index is 687. The highest BCUT2D eigenvalue weighted by Crippen LogP contribution is 2.50. The third kappa shape index (κ3) is 3.24. The highest BCUT2D eigenvalue weighted by molar-refractivity contribution is 5.81. The lowest BCUT2D eigenvalue weighted by Crippen LogP contribution is -2.62. The lowest BCUT2D eigenvalue weighted by atomic mass is 9.63. The summed E-state index contributed by atoms with van der Waals surface area (Å²) in [7, 11) is 1.73. The minimum absolute atomic E-state index is 0.0541. The number of benzene rings is 1. The maximum atomic E-state index is 12.5. The fraction of sp³-hybridized carbons (Fsp3) is 0.682. The van der Waals surface area contributed by atoms with E-state index in [-0.39, 0.29) is 11.8 Å². The van der Waals surface area contributed by atoms with Crippen LogP contribution in [0.5, 0.6) is 5.75 Å². The number of rotatable bonds is 3. The lowest BCUT2D eigenvalue weighted by molar-refractivity contribution is -0.163. The van der Waals surface area contributed by atoms with Crippen LogP contribution in [0.15, 0.2) is 18.2 Å². The second kappa shape index (κ2) is 6.26. The second-order valence-corrected chi connectivity index (χ2v) is 9.35. The maximum absolute atomic E-state index is 12.5. The first kappa shape index (κ1) is 17.8. The van der Waals surface area contributed by atoms with Gasteiger partial charge in [0.15, 0.2) is 0 Å². The number of hydrogen-bond donors (Lipinski definition) is 1. The lowest BCUT2D eigenvalue weighted by Gasteiger charge is -2.55. The van der Waals surface area contributed by atoms with Gasteiger partial charge < -0.3 is 14.7 Å². The Hall–Kier alpha value is -1.55. The third-order valence-corrected chi connectivity index (χ3v) is 6.91. The number of aliphatic hydroxyl groups is 1. The molecule has 1 spiro atoms. The molecular formula is C22H31NO3. The molecule has 4 rings (SSSR count). The molecule has 142 valence electrons. The van der Waals surface area contributed by atoms with Crippen molar-refractivity contribution in [3.05, 3.63) is 29.3 Å². The summed E-state index contributed by atoms with van der Waals surface area (Å²) in [5.74, 6) is 1.89. The van der Waals surface area contributed by atoms with Crippen LogP contribution in [0.1, 0.15) is 62.5 Å². The van der Waals surface area contributed by atoms with Gasteiger partial charge in [0.2, 0.25) is 5.91 Å². The van der Waals surface area contributed by atoms with Gasteiger partial charge >= 0.3 is 0 Å². The number of nitrogens with zero attached hydrogens (tertiary/aromatic N) is 1. The van der Waals surface area contributed by atoms with Gasteiger partial charge in [-0.2, -0.15) is 0 Å². The number of carbonyl (C=O) groups excluding carboxylic acids is 1. The summed E-state index contributed by atoms with van der Waals surface area (Å²) in [6.45, 7) is 5.81. The Morgan fingerprint density at radius 2 is 1.85 bits per heavy atom. The molecule has 4 heteroatoms. The number of carbonyl (C=O) groups is 1. The molecule has 0 radical (unpaired) electrons. The van der Waals surface area contributed by atoms with Crippen molar-refractivity contribution in [2.45, 2.75) is 63.9 Å². The molecular weight excluding hydrogens is 326 g/mol. The molecule has 1 saturated heterocycles. The first-order valence-electron chi connectivity index (χ1n) is 9.96. The highest BCUT2D eigenvalue weighted by atomic mass is 16.5. The van der Waals surface area contributed by atoms with Crippen LogP contribution < -0.4 is 4.74 Å². The number of hydrogen-bond acceptors (Lipinski definition) is 3. The zero-order valence-electron chi connectivity index (χ0n) is 16.3. The summed E-state index contributed by atoms with van der Waals surface area (Å²) in [4.78, 5) is 14.6. The average molecular weight is 357 g/mol. The zero-order chi connectivity index (χ0) is 18.5. The minimum Gasteiger partial charge on any atom is -0.497 e. The van der Waals surface area contributed by atoms with Gasteiger partial charge in [0, 0.05) is 24.4 Å². The largest absolute Gasteiger partial charge is 0.497 e. The van der Waals surface area contributed by atoms with E-state index in [1.165, 1.54) is 36.8 Å². The van der Waals surface area contributed by atoms with Gasteiger partial charge in [-0.3, -0.25) is 4.79 Å². The topological polar surface area (TPSA) is 49.8 Å². The summed E-state index contributed by atoms with van der Waals surface area (Å²) < 4.78 is 5.43. The van der Waals surface area contributed by atoms with Gasteiger partial charge in [0.1, 0.15) is 5.75 Å². The molecule has 4 nitrogen and oxygen atoms in total. The molecule has 3 fully saturated rings. The van der Waals surface area contributed by atoms with E-state index in [9.17, 15) is 9.90 Å². The first-order chi connectivity index (χ1) is 12.3. The maximum Gasteiger partial charge on any atom is 0.225 e. The van der Waals surface area contributed by atoms with E-state index in [0.29, 0.717) is 24.2 Å². The average Bonchev–Trinajstić information content (AvgIpc) is 2.56. The molecule has 2 aliphatic carbocycles. The van der Waals surface area contributed by atoms with E-state index in [2.05, 4.69) is 25.1 Å². The SMILES string of the molecule is COc1cc(C)cc(C2CCC3(CC2)CN(C(=O)[C@H]2C[C@@](C)(O)C2)C3)c1. The van der Waals surface area contributed by atoms with Gasteiger partial charge in [0.05, 0.1) is 12.7 Å². The van der Waals surface area contributed by atoms with Gasteiger partial charge in [-0.15, -0.1) is 0 Å². The molecule has 0 bridgehead atoms. The Kier molecular flexibility index (Phi) is 4.30. The van der Waals surface area contributed by atoms with Crippen molar-refractivity contribution in [3.8, 4) is 5.75 Å². The second-order valence-electron chi connectivity index (χ2n) is 9.35. The van der Waals surface area contributed by atoms with Crippen LogP contribution in [0.2, 0.25) is 0 Å². The van der Waals surface area contributed by atoms with E-state index in [1.807, 2.05) is 11.8 Å². The van der Waals surface area contributed by atoms with Crippen LogP contribution >= 0.6 is 0 Å².